The summed E-state index contributed by atoms with van der Waals surface area (Å²) < 4.78 is 35.0. The zero-order chi connectivity index (χ0) is 26.8. The second-order valence-corrected chi connectivity index (χ2v) is 14.6. The number of amides is 1. The molecule has 4 N–H and O–H groups in total. The Hall–Kier alpha value is -0.850. The number of epoxide rings is 6. The zero-order valence-corrected chi connectivity index (χ0v) is 23.3. The number of nitrogens with zero attached hydrogens (tertiary/aromatic N) is 1. The van der Waals surface area contributed by atoms with E-state index in [1.54, 1.807) is 0 Å². The Morgan fingerprint density at radius 1 is 0.703 bits per heavy atom. The average Bonchev–Trinajstić information content (AvgIpc) is 3.59. The fourth-order valence-corrected chi connectivity index (χ4v) is 6.42. The SMILES string of the molecule is CC1(CC(N(CC2(C)CO2)C(=O)C(N)(N)C(CC2(C)CO2)(CC2(C)CO2)CC2(C)CO2)C2(C)CO2)CO1. The van der Waals surface area contributed by atoms with Crippen LogP contribution < -0.4 is 11.5 Å². The quantitative estimate of drug-likeness (QED) is 0.252. The topological polar surface area (TPSA) is 148 Å². The first-order valence-electron chi connectivity index (χ1n) is 13.7. The van der Waals surface area contributed by atoms with Crippen LogP contribution in [0.25, 0.3) is 0 Å². The molecule has 0 spiro atoms. The lowest BCUT2D eigenvalue weighted by molar-refractivity contribution is -0.151. The van der Waals surface area contributed by atoms with E-state index in [0.29, 0.717) is 71.9 Å². The molecule has 0 aromatic heterocycles. The monoisotopic (exact) mass is 523 g/mol. The van der Waals surface area contributed by atoms with Gasteiger partial charge >= 0.3 is 0 Å². The molecular formula is C27H45N3O7. The fourth-order valence-electron chi connectivity index (χ4n) is 6.42. The van der Waals surface area contributed by atoms with Gasteiger partial charge in [-0.25, -0.2) is 0 Å². The van der Waals surface area contributed by atoms with Gasteiger partial charge in [-0.05, 0) is 60.8 Å². The molecule has 1 amide bonds. The van der Waals surface area contributed by atoms with Crippen LogP contribution in [0.3, 0.4) is 0 Å². The number of ether oxygens (including phenoxy) is 6. The smallest absolute Gasteiger partial charge is 0.258 e. The van der Waals surface area contributed by atoms with E-state index in [1.807, 2.05) is 11.8 Å². The van der Waals surface area contributed by atoms with Gasteiger partial charge in [-0.15, -0.1) is 0 Å². The summed E-state index contributed by atoms with van der Waals surface area (Å²) in [6, 6.07) is -0.244. The van der Waals surface area contributed by atoms with Crippen molar-refractivity contribution in [1.82, 2.24) is 4.90 Å². The third-order valence-corrected chi connectivity index (χ3v) is 9.63. The Kier molecular flexibility index (Phi) is 5.46. The molecule has 0 radical (unpaired) electrons. The van der Waals surface area contributed by atoms with Gasteiger partial charge in [0.05, 0.1) is 74.6 Å². The van der Waals surface area contributed by atoms with Gasteiger partial charge in [0.15, 0.2) is 5.66 Å². The molecule has 6 aliphatic heterocycles. The van der Waals surface area contributed by atoms with Gasteiger partial charge in [0.25, 0.3) is 5.91 Å². The van der Waals surface area contributed by atoms with Crippen LogP contribution in [-0.4, -0.2) is 102 Å². The van der Waals surface area contributed by atoms with Crippen molar-refractivity contribution in [2.45, 2.75) is 113 Å². The van der Waals surface area contributed by atoms with E-state index >= 15 is 0 Å². The first kappa shape index (κ1) is 26.4. The molecule has 210 valence electrons. The minimum Gasteiger partial charge on any atom is -0.370 e. The minimum absolute atomic E-state index is 0.244. The molecule has 6 aliphatic rings. The summed E-state index contributed by atoms with van der Waals surface area (Å²) in [7, 11) is 0. The van der Waals surface area contributed by atoms with Crippen molar-refractivity contribution < 1.29 is 33.2 Å². The van der Waals surface area contributed by atoms with Crippen LogP contribution in [0.2, 0.25) is 0 Å². The summed E-state index contributed by atoms with van der Waals surface area (Å²) in [4.78, 5) is 16.7. The molecule has 10 nitrogen and oxygen atoms in total. The predicted octanol–water partition coefficient (Wildman–Crippen LogP) is 1.08. The van der Waals surface area contributed by atoms with E-state index in [9.17, 15) is 4.79 Å². The Labute approximate surface area is 219 Å². The molecule has 0 bridgehead atoms. The molecule has 0 aromatic carbocycles. The molecule has 6 rings (SSSR count). The van der Waals surface area contributed by atoms with Crippen LogP contribution in [-0.2, 0) is 33.2 Å². The molecule has 10 heteroatoms. The van der Waals surface area contributed by atoms with Crippen LogP contribution >= 0.6 is 0 Å². The predicted molar refractivity (Wildman–Crippen MR) is 134 cm³/mol. The van der Waals surface area contributed by atoms with Crippen molar-refractivity contribution in [2.75, 3.05) is 46.2 Å². The second-order valence-electron chi connectivity index (χ2n) is 14.6. The van der Waals surface area contributed by atoms with E-state index in [4.69, 9.17) is 39.9 Å². The minimum atomic E-state index is -1.70. The largest absolute Gasteiger partial charge is 0.370 e. The standard InChI is InChI=1S/C27H45N3O7/c1-20(12-32-20)7-18(25(6)17-37-25)30(11-24(5)16-36-24)19(31)27(28,29)26(8-21(2)13-33-21,9-22(3)14-34-22)10-23(4)15-35-23/h18H,7-17,28-29H2,1-6H3. The maximum Gasteiger partial charge on any atom is 0.258 e. The third-order valence-electron chi connectivity index (χ3n) is 9.63. The molecule has 0 aliphatic carbocycles. The van der Waals surface area contributed by atoms with Crippen molar-refractivity contribution in [3.8, 4) is 0 Å². The van der Waals surface area contributed by atoms with Gasteiger partial charge in [0, 0.05) is 11.8 Å². The van der Waals surface area contributed by atoms with Crippen molar-refractivity contribution >= 4 is 5.91 Å². The number of rotatable bonds is 14. The lowest BCUT2D eigenvalue weighted by Gasteiger charge is -2.51. The van der Waals surface area contributed by atoms with Gasteiger partial charge in [-0.1, -0.05) is 0 Å². The molecule has 0 saturated carbocycles. The van der Waals surface area contributed by atoms with Crippen LogP contribution in [0, 0.1) is 5.41 Å². The first-order chi connectivity index (χ1) is 17.0. The fraction of sp³-hybridized carbons (Fsp3) is 0.963. The van der Waals surface area contributed by atoms with E-state index in [-0.39, 0.29) is 34.4 Å². The number of nitrogens with two attached hydrogens (primary N) is 2. The highest BCUT2D eigenvalue weighted by atomic mass is 16.6. The van der Waals surface area contributed by atoms with Crippen molar-refractivity contribution in [1.29, 1.82) is 0 Å². The average molecular weight is 524 g/mol. The highest BCUT2D eigenvalue weighted by molar-refractivity contribution is 5.87. The molecule has 6 fully saturated rings. The van der Waals surface area contributed by atoms with E-state index in [1.165, 1.54) is 0 Å². The lowest BCUT2D eigenvalue weighted by atomic mass is 9.61. The van der Waals surface area contributed by atoms with E-state index in [0.717, 1.165) is 0 Å². The van der Waals surface area contributed by atoms with Gasteiger partial charge in [-0.2, -0.15) is 0 Å². The molecule has 37 heavy (non-hydrogen) atoms. The van der Waals surface area contributed by atoms with Gasteiger partial charge in [0.1, 0.15) is 11.2 Å². The zero-order valence-electron chi connectivity index (χ0n) is 23.3. The van der Waals surface area contributed by atoms with Crippen LogP contribution in [0.4, 0.5) is 0 Å². The van der Waals surface area contributed by atoms with Crippen molar-refractivity contribution in [2.24, 2.45) is 16.9 Å². The number of carbonyl (C=O) groups excluding carboxylic acids is 1. The number of hydrogen-bond donors (Lipinski definition) is 2. The normalized spacial score (nSPS) is 47.6. The van der Waals surface area contributed by atoms with Crippen molar-refractivity contribution in [3.63, 3.8) is 0 Å². The highest BCUT2D eigenvalue weighted by Gasteiger charge is 2.67. The molecule has 6 saturated heterocycles. The van der Waals surface area contributed by atoms with Gasteiger partial charge < -0.3 is 44.8 Å². The van der Waals surface area contributed by atoms with Gasteiger partial charge in [0.2, 0.25) is 0 Å². The van der Waals surface area contributed by atoms with Crippen molar-refractivity contribution in [3.05, 3.63) is 0 Å². The van der Waals surface area contributed by atoms with Crippen LogP contribution in [0.5, 0.6) is 0 Å². The summed E-state index contributed by atoms with van der Waals surface area (Å²) >= 11 is 0. The van der Waals surface area contributed by atoms with E-state index in [2.05, 4.69) is 34.6 Å². The maximum absolute atomic E-state index is 14.9. The summed E-state index contributed by atoms with van der Waals surface area (Å²) in [5.41, 5.74) is 9.51. The molecule has 7 unspecified atom stereocenters. The van der Waals surface area contributed by atoms with E-state index < -0.39 is 22.3 Å². The molecule has 0 aromatic rings. The molecule has 7 atom stereocenters. The Balaban J connectivity index is 1.38. The Morgan fingerprint density at radius 2 is 1.08 bits per heavy atom. The summed E-state index contributed by atoms with van der Waals surface area (Å²) in [5.74, 6) is -0.284. The lowest BCUT2D eigenvalue weighted by Crippen LogP contribution is -2.74. The molecular weight excluding hydrogens is 478 g/mol. The number of hydrogen-bond acceptors (Lipinski definition) is 9. The molecule has 6 heterocycles. The Morgan fingerprint density at radius 3 is 1.41 bits per heavy atom. The third kappa shape index (κ3) is 5.20. The first-order valence-corrected chi connectivity index (χ1v) is 13.7. The summed E-state index contributed by atoms with van der Waals surface area (Å²) in [6.07, 6.45) is 2.31. The van der Waals surface area contributed by atoms with Crippen LogP contribution in [0.15, 0.2) is 0 Å². The summed E-state index contributed by atoms with van der Waals surface area (Å²) in [6.45, 7) is 16.4. The number of carbonyl (C=O) groups is 1. The maximum atomic E-state index is 14.9. The highest BCUT2D eigenvalue weighted by Crippen LogP contribution is 2.57. The second kappa shape index (κ2) is 7.66. The van der Waals surface area contributed by atoms with Gasteiger partial charge in [-0.3, -0.25) is 4.79 Å². The summed E-state index contributed by atoms with van der Waals surface area (Å²) in [5, 5.41) is 0. The van der Waals surface area contributed by atoms with Crippen LogP contribution in [0.1, 0.15) is 67.2 Å². The Bertz CT molecular complexity index is 909.